The van der Waals surface area contributed by atoms with Gasteiger partial charge in [0, 0.05) is 18.5 Å². The van der Waals surface area contributed by atoms with E-state index >= 15 is 0 Å². The number of benzene rings is 1. The fraction of sp³-hybridized carbons (Fsp3) is 0.500. The van der Waals surface area contributed by atoms with E-state index in [0.29, 0.717) is 13.0 Å². The number of rotatable bonds is 6. The summed E-state index contributed by atoms with van der Waals surface area (Å²) >= 11 is 0. The van der Waals surface area contributed by atoms with Crippen LogP contribution in [0.5, 0.6) is 5.75 Å². The summed E-state index contributed by atoms with van der Waals surface area (Å²) < 4.78 is 39.7. The number of hydrogen-bond donors (Lipinski definition) is 2. The molecular formula is C14H19F3N2O2. The van der Waals surface area contributed by atoms with Crippen LogP contribution in [0.4, 0.5) is 13.2 Å². The fourth-order valence-electron chi connectivity index (χ4n) is 1.53. The van der Waals surface area contributed by atoms with Gasteiger partial charge in [0.05, 0.1) is 0 Å². The maximum absolute atomic E-state index is 12.0. The SMILES string of the molecule is CC(C)(N)CNC(=O)CCc1ccc(OC(F)(F)F)cc1. The predicted molar refractivity (Wildman–Crippen MR) is 72.7 cm³/mol. The average Bonchev–Trinajstić information content (AvgIpc) is 2.33. The molecule has 1 aromatic carbocycles. The minimum absolute atomic E-state index is 0.149. The Bertz CT molecular complexity index is 465. The van der Waals surface area contributed by atoms with Gasteiger partial charge < -0.3 is 15.8 Å². The van der Waals surface area contributed by atoms with E-state index in [1.807, 2.05) is 0 Å². The highest BCUT2D eigenvalue weighted by molar-refractivity contribution is 5.76. The Morgan fingerprint density at radius 2 is 1.81 bits per heavy atom. The highest BCUT2D eigenvalue weighted by Gasteiger charge is 2.30. The van der Waals surface area contributed by atoms with Gasteiger partial charge in [0.2, 0.25) is 5.91 Å². The molecule has 1 amide bonds. The first kappa shape index (κ1) is 17.3. The van der Waals surface area contributed by atoms with Crippen molar-refractivity contribution in [3.8, 4) is 5.75 Å². The molecule has 0 heterocycles. The van der Waals surface area contributed by atoms with Crippen molar-refractivity contribution in [1.29, 1.82) is 0 Å². The van der Waals surface area contributed by atoms with Crippen molar-refractivity contribution in [2.45, 2.75) is 38.6 Å². The number of carbonyl (C=O) groups is 1. The van der Waals surface area contributed by atoms with E-state index in [9.17, 15) is 18.0 Å². The van der Waals surface area contributed by atoms with Crippen LogP contribution in [-0.4, -0.2) is 24.4 Å². The number of halogens is 3. The van der Waals surface area contributed by atoms with Gasteiger partial charge in [-0.2, -0.15) is 0 Å². The van der Waals surface area contributed by atoms with Gasteiger partial charge in [-0.05, 0) is 38.0 Å². The Morgan fingerprint density at radius 3 is 2.29 bits per heavy atom. The molecule has 0 aliphatic carbocycles. The second-order valence-corrected chi connectivity index (χ2v) is 5.46. The van der Waals surface area contributed by atoms with E-state index in [4.69, 9.17) is 5.73 Å². The lowest BCUT2D eigenvalue weighted by molar-refractivity contribution is -0.274. The van der Waals surface area contributed by atoms with Gasteiger partial charge in [0.15, 0.2) is 0 Å². The zero-order valence-electron chi connectivity index (χ0n) is 12.0. The highest BCUT2D eigenvalue weighted by Crippen LogP contribution is 2.22. The van der Waals surface area contributed by atoms with Gasteiger partial charge in [-0.15, -0.1) is 13.2 Å². The maximum atomic E-state index is 12.0. The lowest BCUT2D eigenvalue weighted by Gasteiger charge is -2.18. The molecule has 118 valence electrons. The van der Waals surface area contributed by atoms with Crippen molar-refractivity contribution in [1.82, 2.24) is 5.32 Å². The number of ether oxygens (including phenoxy) is 1. The standard InChI is InChI=1S/C14H19F3N2O2/c1-13(2,18)9-19-12(20)8-5-10-3-6-11(7-4-10)21-14(15,16)17/h3-4,6-7H,5,8-9,18H2,1-2H3,(H,19,20). The smallest absolute Gasteiger partial charge is 0.406 e. The van der Waals surface area contributed by atoms with Crippen molar-refractivity contribution in [3.05, 3.63) is 29.8 Å². The van der Waals surface area contributed by atoms with Crippen molar-refractivity contribution >= 4 is 5.91 Å². The zero-order valence-corrected chi connectivity index (χ0v) is 12.0. The third kappa shape index (κ3) is 8.19. The van der Waals surface area contributed by atoms with E-state index in [-0.39, 0.29) is 18.1 Å². The summed E-state index contributed by atoms with van der Waals surface area (Å²) in [7, 11) is 0. The fourth-order valence-corrected chi connectivity index (χ4v) is 1.53. The number of alkyl halides is 3. The second-order valence-electron chi connectivity index (χ2n) is 5.46. The Balaban J connectivity index is 2.41. The third-order valence-corrected chi connectivity index (χ3v) is 2.54. The first-order valence-corrected chi connectivity index (χ1v) is 6.45. The summed E-state index contributed by atoms with van der Waals surface area (Å²) in [5.74, 6) is -0.426. The number of aryl methyl sites for hydroxylation is 1. The van der Waals surface area contributed by atoms with Crippen LogP contribution in [0.15, 0.2) is 24.3 Å². The van der Waals surface area contributed by atoms with Crippen molar-refractivity contribution in [3.63, 3.8) is 0 Å². The lowest BCUT2D eigenvalue weighted by Crippen LogP contribution is -2.45. The summed E-state index contributed by atoms with van der Waals surface area (Å²) in [5, 5.41) is 2.70. The van der Waals surface area contributed by atoms with Crippen LogP contribution in [0.2, 0.25) is 0 Å². The first-order valence-electron chi connectivity index (χ1n) is 6.45. The molecule has 0 fully saturated rings. The molecule has 1 rings (SSSR count). The molecule has 0 atom stereocenters. The molecule has 3 N–H and O–H groups in total. The zero-order chi connectivity index (χ0) is 16.1. The third-order valence-electron chi connectivity index (χ3n) is 2.54. The largest absolute Gasteiger partial charge is 0.573 e. The first-order chi connectivity index (χ1) is 9.55. The van der Waals surface area contributed by atoms with E-state index in [0.717, 1.165) is 5.56 Å². The summed E-state index contributed by atoms with van der Waals surface area (Å²) in [4.78, 5) is 11.6. The molecule has 0 aromatic heterocycles. The number of carbonyl (C=O) groups excluding carboxylic acids is 1. The minimum atomic E-state index is -4.70. The van der Waals surface area contributed by atoms with Crippen molar-refractivity contribution < 1.29 is 22.7 Å². The van der Waals surface area contributed by atoms with Gasteiger partial charge >= 0.3 is 6.36 Å². The van der Waals surface area contributed by atoms with Crippen molar-refractivity contribution in [2.75, 3.05) is 6.54 Å². The Morgan fingerprint density at radius 1 is 1.24 bits per heavy atom. The van der Waals surface area contributed by atoms with Crippen LogP contribution in [0.25, 0.3) is 0 Å². The average molecular weight is 304 g/mol. The van der Waals surface area contributed by atoms with Gasteiger partial charge in [0.25, 0.3) is 0 Å². The molecule has 0 unspecified atom stereocenters. The summed E-state index contributed by atoms with van der Waals surface area (Å²) in [6, 6.07) is 5.45. The van der Waals surface area contributed by atoms with Crippen LogP contribution in [0.1, 0.15) is 25.8 Å². The van der Waals surface area contributed by atoms with E-state index in [1.165, 1.54) is 24.3 Å². The molecule has 0 spiro atoms. The molecular weight excluding hydrogens is 285 g/mol. The van der Waals surface area contributed by atoms with Gasteiger partial charge in [-0.3, -0.25) is 4.79 Å². The quantitative estimate of drug-likeness (QED) is 0.848. The lowest BCUT2D eigenvalue weighted by atomic mass is 10.1. The number of nitrogens with one attached hydrogen (secondary N) is 1. The monoisotopic (exact) mass is 304 g/mol. The Kier molecular flexibility index (Phi) is 5.60. The Hall–Kier alpha value is -1.76. The molecule has 21 heavy (non-hydrogen) atoms. The molecule has 0 saturated heterocycles. The van der Waals surface area contributed by atoms with Crippen LogP contribution in [-0.2, 0) is 11.2 Å². The van der Waals surface area contributed by atoms with Crippen LogP contribution >= 0.6 is 0 Å². The molecule has 4 nitrogen and oxygen atoms in total. The molecule has 0 radical (unpaired) electrons. The normalized spacial score (nSPS) is 12.1. The molecule has 7 heteroatoms. The van der Waals surface area contributed by atoms with Crippen LogP contribution < -0.4 is 15.8 Å². The predicted octanol–water partition coefficient (Wildman–Crippen LogP) is 2.37. The Labute approximate surface area is 121 Å². The summed E-state index contributed by atoms with van der Waals surface area (Å²) in [6.45, 7) is 3.96. The van der Waals surface area contributed by atoms with Gasteiger partial charge in [0.1, 0.15) is 5.75 Å². The molecule has 0 aliphatic heterocycles. The number of hydrogen-bond acceptors (Lipinski definition) is 3. The van der Waals surface area contributed by atoms with Crippen LogP contribution in [0.3, 0.4) is 0 Å². The molecule has 0 saturated carbocycles. The molecule has 0 aliphatic rings. The summed E-state index contributed by atoms with van der Waals surface area (Å²) in [5.41, 5.74) is 6.01. The van der Waals surface area contributed by atoms with Crippen molar-refractivity contribution in [2.24, 2.45) is 5.73 Å². The highest BCUT2D eigenvalue weighted by atomic mass is 19.4. The minimum Gasteiger partial charge on any atom is -0.406 e. The maximum Gasteiger partial charge on any atom is 0.573 e. The number of nitrogens with two attached hydrogens (primary N) is 1. The van der Waals surface area contributed by atoms with E-state index in [1.54, 1.807) is 13.8 Å². The second kappa shape index (κ2) is 6.80. The molecule has 1 aromatic rings. The van der Waals surface area contributed by atoms with E-state index < -0.39 is 11.9 Å². The van der Waals surface area contributed by atoms with Crippen LogP contribution in [0, 0.1) is 0 Å². The van der Waals surface area contributed by atoms with Gasteiger partial charge in [-0.1, -0.05) is 12.1 Å². The molecule has 0 bridgehead atoms. The van der Waals surface area contributed by atoms with E-state index in [2.05, 4.69) is 10.1 Å². The number of amides is 1. The summed E-state index contributed by atoms with van der Waals surface area (Å²) in [6.07, 6.45) is -4.02. The topological polar surface area (TPSA) is 64.3 Å². The van der Waals surface area contributed by atoms with Gasteiger partial charge in [-0.25, -0.2) is 0 Å².